The van der Waals surface area contributed by atoms with Gasteiger partial charge in [0.1, 0.15) is 0 Å². The molecule has 228 valence electrons. The number of hydrogen-bond donors (Lipinski definition) is 0. The molecule has 9 atom stereocenters. The lowest BCUT2D eigenvalue weighted by molar-refractivity contribution is -0.232. The third-order valence-electron chi connectivity index (χ3n) is 14.4. The van der Waals surface area contributed by atoms with E-state index >= 15 is 0 Å². The number of allylic oxidation sites excluding steroid dienone is 2. The van der Waals surface area contributed by atoms with Gasteiger partial charge in [0, 0.05) is 8.99 Å². The van der Waals surface area contributed by atoms with Gasteiger partial charge >= 0.3 is 5.97 Å². The van der Waals surface area contributed by atoms with Gasteiger partial charge in [0.15, 0.2) is 5.78 Å². The number of carbonyl (C=O) groups is 2. The molecule has 0 bridgehead atoms. The normalized spacial score (nSPS) is 44.9. The second-order valence-corrected chi connectivity index (χ2v) is 17.5. The van der Waals surface area contributed by atoms with E-state index < -0.39 is 0 Å². The predicted molar refractivity (Wildman–Crippen MR) is 179 cm³/mol. The summed E-state index contributed by atoms with van der Waals surface area (Å²) in [7, 11) is 1.59. The van der Waals surface area contributed by atoms with Gasteiger partial charge in [0.25, 0.3) is 0 Å². The number of esters is 1. The van der Waals surface area contributed by atoms with Gasteiger partial charge in [-0.3, -0.25) is 9.59 Å². The number of carbonyl (C=O) groups excluding carboxylic acids is 2. The van der Waals surface area contributed by atoms with Crippen molar-refractivity contribution < 1.29 is 14.3 Å². The number of Topliss-reactive ketones (excluding diaryl/α,β-unsaturated/α-hetero) is 1. The molecule has 42 heavy (non-hydrogen) atoms. The Labute approximate surface area is 267 Å². The fourth-order valence-corrected chi connectivity index (χ4v) is 13.0. The summed E-state index contributed by atoms with van der Waals surface area (Å²) in [4.78, 5) is 27.6. The van der Waals surface area contributed by atoms with Crippen LogP contribution in [0.3, 0.4) is 0 Å². The van der Waals surface area contributed by atoms with E-state index in [1.165, 1.54) is 22.0 Å². The summed E-state index contributed by atoms with van der Waals surface area (Å²) in [5, 5.41) is 0. The van der Waals surface area contributed by atoms with Crippen molar-refractivity contribution in [3.8, 4) is 0 Å². The first-order valence-electron chi connectivity index (χ1n) is 16.4. The van der Waals surface area contributed by atoms with E-state index in [1.54, 1.807) is 7.11 Å². The summed E-state index contributed by atoms with van der Waals surface area (Å²) >= 11 is 2.36. The maximum absolute atomic E-state index is 14.1. The molecule has 4 heteroatoms. The number of ketones is 1. The van der Waals surface area contributed by atoms with E-state index in [9.17, 15) is 9.59 Å². The third-order valence-corrected chi connectivity index (χ3v) is 15.1. The first kappa shape index (κ1) is 30.6. The molecule has 5 saturated carbocycles. The van der Waals surface area contributed by atoms with Crippen molar-refractivity contribution in [2.24, 2.45) is 56.7 Å². The molecule has 0 aromatic heterocycles. The zero-order valence-corrected chi connectivity index (χ0v) is 29.1. The summed E-state index contributed by atoms with van der Waals surface area (Å²) in [5.41, 5.74) is 3.05. The number of halogens is 1. The van der Waals surface area contributed by atoms with Crippen molar-refractivity contribution in [2.75, 3.05) is 7.11 Å². The Morgan fingerprint density at radius 1 is 0.976 bits per heavy atom. The highest BCUT2D eigenvalue weighted by Crippen LogP contribution is 2.77. The van der Waals surface area contributed by atoms with Gasteiger partial charge in [-0.15, -0.1) is 0 Å². The Morgan fingerprint density at radius 2 is 1.71 bits per heavy atom. The fourth-order valence-electron chi connectivity index (χ4n) is 12.5. The maximum Gasteiger partial charge on any atom is 0.312 e. The van der Waals surface area contributed by atoms with Gasteiger partial charge in [-0.25, -0.2) is 0 Å². The lowest BCUT2D eigenvalue weighted by atomic mass is 9.32. The number of methoxy groups -OCH3 is 1. The van der Waals surface area contributed by atoms with Crippen molar-refractivity contribution in [2.45, 2.75) is 99.3 Å². The Balaban J connectivity index is 1.42. The molecule has 3 nitrogen and oxygen atoms in total. The van der Waals surface area contributed by atoms with Crippen molar-refractivity contribution in [3.05, 3.63) is 51.1 Å². The molecule has 0 unspecified atom stereocenters. The second kappa shape index (κ2) is 10.0. The van der Waals surface area contributed by atoms with Crippen molar-refractivity contribution in [3.63, 3.8) is 0 Å². The lowest BCUT2D eigenvalue weighted by Crippen LogP contribution is -2.67. The topological polar surface area (TPSA) is 43.4 Å². The molecule has 0 aliphatic heterocycles. The van der Waals surface area contributed by atoms with Crippen molar-refractivity contribution >= 4 is 40.4 Å². The highest BCUT2D eigenvalue weighted by molar-refractivity contribution is 14.1. The summed E-state index contributed by atoms with van der Waals surface area (Å²) in [6.45, 7) is 18.9. The van der Waals surface area contributed by atoms with Crippen LogP contribution in [0.15, 0.2) is 42.0 Å². The van der Waals surface area contributed by atoms with Crippen molar-refractivity contribution in [1.82, 2.24) is 0 Å². The van der Waals surface area contributed by atoms with Crippen LogP contribution in [-0.2, 0) is 14.3 Å². The molecule has 1 aromatic carbocycles. The zero-order valence-electron chi connectivity index (χ0n) is 26.9. The van der Waals surface area contributed by atoms with Gasteiger partial charge in [-0.1, -0.05) is 58.9 Å². The SMILES string of the molecule is C=C(C)[C@H]1CC[C@@]2(C(=O)OC)CC[C@@]3(C)[C@@H](CC[C@@H]4[C@@]5(C)C/C(=C\c6cccc(I)c6)C(=O)C(C)(C)[C@@H]5CC[C@@]43C)[C@H]12. The summed E-state index contributed by atoms with van der Waals surface area (Å²) < 4.78 is 6.75. The molecule has 1 aromatic rings. The van der Waals surface area contributed by atoms with E-state index in [0.29, 0.717) is 35.4 Å². The van der Waals surface area contributed by atoms with Gasteiger partial charge < -0.3 is 4.74 Å². The average molecular weight is 683 g/mol. The fraction of sp³-hybridized carbons (Fsp3) is 0.684. The molecule has 0 spiro atoms. The molecular formula is C38H51IO3. The van der Waals surface area contributed by atoms with Crippen LogP contribution in [0.4, 0.5) is 0 Å². The van der Waals surface area contributed by atoms with Gasteiger partial charge in [-0.2, -0.15) is 0 Å². The van der Waals surface area contributed by atoms with Crippen LogP contribution in [-0.4, -0.2) is 18.9 Å². The van der Waals surface area contributed by atoms with Crippen LogP contribution < -0.4 is 0 Å². The summed E-state index contributed by atoms with van der Waals surface area (Å²) in [5.74, 6) is 2.53. The maximum atomic E-state index is 14.1. The quantitative estimate of drug-likeness (QED) is 0.138. The van der Waals surface area contributed by atoms with Crippen LogP contribution >= 0.6 is 22.6 Å². The monoisotopic (exact) mass is 682 g/mol. The molecule has 0 heterocycles. The molecule has 0 amide bonds. The average Bonchev–Trinajstić information content (AvgIpc) is 3.33. The molecule has 0 saturated heterocycles. The van der Waals surface area contributed by atoms with Gasteiger partial charge in [0.2, 0.25) is 0 Å². The van der Waals surface area contributed by atoms with E-state index in [4.69, 9.17) is 4.74 Å². The Morgan fingerprint density at radius 3 is 2.38 bits per heavy atom. The number of benzene rings is 1. The minimum absolute atomic E-state index is 0.0270. The molecule has 0 radical (unpaired) electrons. The minimum Gasteiger partial charge on any atom is -0.469 e. The van der Waals surface area contributed by atoms with Crippen LogP contribution in [0.2, 0.25) is 0 Å². The molecule has 5 fully saturated rings. The van der Waals surface area contributed by atoms with E-state index in [-0.39, 0.29) is 33.0 Å². The Hall–Kier alpha value is -1.43. The molecule has 5 aliphatic carbocycles. The van der Waals surface area contributed by atoms with E-state index in [0.717, 1.165) is 56.1 Å². The lowest BCUT2D eigenvalue weighted by Gasteiger charge is -2.72. The van der Waals surface area contributed by atoms with E-state index in [1.807, 2.05) is 0 Å². The minimum atomic E-state index is -0.372. The Bertz CT molecular complexity index is 1360. The number of ether oxygens (including phenoxy) is 1. The predicted octanol–water partition coefficient (Wildman–Crippen LogP) is 9.68. The second-order valence-electron chi connectivity index (χ2n) is 16.3. The van der Waals surface area contributed by atoms with Crippen LogP contribution in [0, 0.1) is 60.2 Å². The Kier molecular flexibility index (Phi) is 7.31. The number of rotatable bonds is 3. The first-order chi connectivity index (χ1) is 19.7. The van der Waals surface area contributed by atoms with Crippen LogP contribution in [0.25, 0.3) is 6.08 Å². The summed E-state index contributed by atoms with van der Waals surface area (Å²) in [6.07, 6.45) is 11.7. The van der Waals surface area contributed by atoms with Crippen LogP contribution in [0.5, 0.6) is 0 Å². The smallest absolute Gasteiger partial charge is 0.312 e. The van der Waals surface area contributed by atoms with Crippen LogP contribution in [0.1, 0.15) is 105 Å². The zero-order chi connectivity index (χ0) is 30.5. The number of fused-ring (bicyclic) bond motifs is 7. The third kappa shape index (κ3) is 4.01. The molecule has 6 rings (SSSR count). The standard InChI is InChI=1S/C38H51IO3/c1-23(2)27-14-17-38(33(41)42-8)19-18-36(6)28(31(27)38)12-13-30-35(5)22-25(20-24-10-9-11-26(39)21-24)32(40)34(3,4)29(35)15-16-37(30,36)7/h9-11,20-21,27-31H,1,12-19,22H2,2-8H3/b25-20+/t27-,28+,29+,30-,31+,35+,36+,37+,38-/m1/s1. The highest BCUT2D eigenvalue weighted by Gasteiger charge is 2.72. The number of hydrogen-bond acceptors (Lipinski definition) is 3. The molecule has 5 aliphatic rings. The first-order valence-corrected chi connectivity index (χ1v) is 17.5. The summed E-state index contributed by atoms with van der Waals surface area (Å²) in [6, 6.07) is 8.53. The van der Waals surface area contributed by atoms with Crippen molar-refractivity contribution in [1.29, 1.82) is 0 Å². The largest absolute Gasteiger partial charge is 0.469 e. The highest BCUT2D eigenvalue weighted by atomic mass is 127. The molecular weight excluding hydrogens is 631 g/mol. The molecule has 0 N–H and O–H groups in total. The van der Waals surface area contributed by atoms with E-state index in [2.05, 4.69) is 101 Å². The van der Waals surface area contributed by atoms with Gasteiger partial charge in [-0.05, 0) is 162 Å². The van der Waals surface area contributed by atoms with Gasteiger partial charge in [0.05, 0.1) is 12.5 Å².